The molecule has 0 amide bonds. The zero-order valence-corrected chi connectivity index (χ0v) is 15.8. The highest BCUT2D eigenvalue weighted by Crippen LogP contribution is 2.68. The van der Waals surface area contributed by atoms with Gasteiger partial charge in [-0.15, -0.1) is 0 Å². The van der Waals surface area contributed by atoms with E-state index >= 15 is 8.78 Å². The Morgan fingerprint density at radius 3 is 1.59 bits per heavy atom. The lowest BCUT2D eigenvalue weighted by Gasteiger charge is -2.55. The number of hydrogen-bond acceptors (Lipinski definition) is 2. The second-order valence-corrected chi connectivity index (χ2v) is 6.94. The molecule has 8 heteroatoms. The van der Waals surface area contributed by atoms with E-state index in [0.29, 0.717) is 30.4 Å². The molecule has 2 unspecified atom stereocenters. The molecule has 0 spiro atoms. The molecule has 2 atom stereocenters. The highest BCUT2D eigenvalue weighted by atomic mass is 19.3. The van der Waals surface area contributed by atoms with Crippen molar-refractivity contribution < 1.29 is 35.8 Å². The molecular weight excluding hydrogens is 398 g/mol. The summed E-state index contributed by atoms with van der Waals surface area (Å²) in [7, 11) is 0. The molecule has 1 fully saturated rings. The number of aryl methyl sites for hydroxylation is 2. The number of benzene rings is 2. The molecule has 0 heterocycles. The number of rotatable bonds is 7. The van der Waals surface area contributed by atoms with Gasteiger partial charge in [0.1, 0.15) is 11.5 Å². The minimum absolute atomic E-state index is 0.449. The van der Waals surface area contributed by atoms with Gasteiger partial charge in [0.15, 0.2) is 0 Å². The summed E-state index contributed by atoms with van der Waals surface area (Å²) in [6.07, 6.45) is 1.66. The Balaban J connectivity index is 1.98. The normalized spacial score (nSPS) is 27.2. The summed E-state index contributed by atoms with van der Waals surface area (Å²) in [6.45, 7) is 3.60. The van der Waals surface area contributed by atoms with Crippen LogP contribution in [0.2, 0.25) is 0 Å². The topological polar surface area (TPSA) is 18.5 Å². The number of hydrogen-bond donors (Lipinski definition) is 0. The molecule has 1 saturated carbocycles. The van der Waals surface area contributed by atoms with E-state index in [1.54, 1.807) is 19.1 Å². The van der Waals surface area contributed by atoms with Gasteiger partial charge in [0, 0.05) is 0 Å². The van der Waals surface area contributed by atoms with E-state index in [0.717, 1.165) is 12.1 Å². The van der Waals surface area contributed by atoms with Crippen LogP contribution in [0.15, 0.2) is 48.5 Å². The van der Waals surface area contributed by atoms with Gasteiger partial charge < -0.3 is 9.47 Å². The highest BCUT2D eigenvalue weighted by molar-refractivity contribution is 5.36. The molecule has 0 N–H and O–H groups in total. The average molecular weight is 418 g/mol. The summed E-state index contributed by atoms with van der Waals surface area (Å²) in [5.41, 5.74) is 1.17. The largest absolute Gasteiger partial charge is 0.447 e. The fraction of sp³-hybridized carbons (Fsp3) is 0.429. The van der Waals surface area contributed by atoms with Gasteiger partial charge in [-0.1, -0.05) is 44.5 Å². The van der Waals surface area contributed by atoms with Gasteiger partial charge >= 0.3 is 23.6 Å². The first-order valence-electron chi connectivity index (χ1n) is 9.21. The second-order valence-electron chi connectivity index (χ2n) is 6.94. The lowest BCUT2D eigenvalue weighted by Crippen LogP contribution is -2.89. The van der Waals surface area contributed by atoms with Gasteiger partial charge in [-0.3, -0.25) is 0 Å². The molecule has 0 aliphatic heterocycles. The summed E-state index contributed by atoms with van der Waals surface area (Å²) < 4.78 is 95.6. The van der Waals surface area contributed by atoms with Crippen molar-refractivity contribution in [3.05, 3.63) is 59.7 Å². The van der Waals surface area contributed by atoms with Crippen LogP contribution >= 0.6 is 0 Å². The van der Waals surface area contributed by atoms with Gasteiger partial charge in [0.05, 0.1) is 0 Å². The van der Waals surface area contributed by atoms with Gasteiger partial charge in [-0.25, -0.2) is 0 Å². The molecule has 0 radical (unpaired) electrons. The van der Waals surface area contributed by atoms with Crippen molar-refractivity contribution >= 4 is 0 Å². The quantitative estimate of drug-likeness (QED) is 0.493. The predicted molar refractivity (Wildman–Crippen MR) is 95.1 cm³/mol. The Bertz CT molecular complexity index is 887. The van der Waals surface area contributed by atoms with Crippen molar-refractivity contribution in [1.82, 2.24) is 0 Å². The van der Waals surface area contributed by atoms with Crippen LogP contribution in [-0.4, -0.2) is 23.6 Å². The van der Waals surface area contributed by atoms with Crippen LogP contribution in [0.4, 0.5) is 26.3 Å². The van der Waals surface area contributed by atoms with Crippen molar-refractivity contribution in [1.29, 1.82) is 0 Å². The first kappa shape index (κ1) is 21.3. The molecule has 2 nitrogen and oxygen atoms in total. The van der Waals surface area contributed by atoms with E-state index in [4.69, 9.17) is 0 Å². The highest BCUT2D eigenvalue weighted by Gasteiger charge is 3.03. The minimum Gasteiger partial charge on any atom is -0.447 e. The molecule has 0 bridgehead atoms. The summed E-state index contributed by atoms with van der Waals surface area (Å²) in [6, 6.07) is 10.5. The van der Waals surface area contributed by atoms with Crippen molar-refractivity contribution in [2.45, 2.75) is 56.7 Å². The van der Waals surface area contributed by atoms with E-state index in [9.17, 15) is 17.6 Å². The number of alkyl halides is 6. The molecule has 2 aromatic rings. The summed E-state index contributed by atoms with van der Waals surface area (Å²) >= 11 is 0. The maximum Gasteiger partial charge on any atom is 0.395 e. The maximum absolute atomic E-state index is 15.1. The molecular formula is C21H20F6O2. The predicted octanol–water partition coefficient (Wildman–Crippen LogP) is 6.28. The molecule has 1 aliphatic rings. The van der Waals surface area contributed by atoms with E-state index in [-0.39, 0.29) is 0 Å². The van der Waals surface area contributed by atoms with Crippen LogP contribution in [0.1, 0.15) is 31.4 Å². The molecule has 158 valence electrons. The first-order chi connectivity index (χ1) is 13.5. The smallest absolute Gasteiger partial charge is 0.395 e. The fourth-order valence-electron chi connectivity index (χ4n) is 3.21. The zero-order chi connectivity index (χ0) is 21.5. The Hall–Kier alpha value is -2.38. The van der Waals surface area contributed by atoms with Crippen molar-refractivity contribution in [2.75, 3.05) is 0 Å². The van der Waals surface area contributed by atoms with Crippen LogP contribution in [0.5, 0.6) is 11.5 Å². The molecule has 29 heavy (non-hydrogen) atoms. The standard InChI is InChI=1S/C21H20F6O2/c1-3-7-15-9-6-11-17(13-15)29-21(27)19(24,25)18(22,23)20(21,26)28-16-10-5-8-14(4-2)12-16/h5-6,8-13H,3-4,7H2,1-2H3. The van der Waals surface area contributed by atoms with Crippen molar-refractivity contribution in [3.8, 4) is 11.5 Å². The lowest BCUT2D eigenvalue weighted by molar-refractivity contribution is -0.527. The Morgan fingerprint density at radius 1 is 0.690 bits per heavy atom. The molecule has 3 rings (SSSR count). The van der Waals surface area contributed by atoms with Gasteiger partial charge in [0.2, 0.25) is 0 Å². The number of halogens is 6. The maximum atomic E-state index is 15.1. The van der Waals surface area contributed by atoms with Crippen LogP contribution in [0, 0.1) is 0 Å². The van der Waals surface area contributed by atoms with E-state index in [2.05, 4.69) is 9.47 Å². The fourth-order valence-corrected chi connectivity index (χ4v) is 3.21. The second kappa shape index (κ2) is 7.15. The molecule has 0 saturated heterocycles. The van der Waals surface area contributed by atoms with Crippen LogP contribution < -0.4 is 9.47 Å². The summed E-state index contributed by atoms with van der Waals surface area (Å²) in [5.74, 6) is -21.3. The Labute approximate surface area is 164 Å². The van der Waals surface area contributed by atoms with Crippen molar-refractivity contribution in [2.24, 2.45) is 0 Å². The molecule has 0 aromatic heterocycles. The van der Waals surface area contributed by atoms with E-state index in [1.165, 1.54) is 24.3 Å². The Kier molecular flexibility index (Phi) is 5.26. The third-order valence-electron chi connectivity index (χ3n) is 4.88. The van der Waals surface area contributed by atoms with Crippen LogP contribution in [0.25, 0.3) is 0 Å². The molecule has 1 aliphatic carbocycles. The van der Waals surface area contributed by atoms with Crippen LogP contribution in [-0.2, 0) is 12.8 Å². The summed E-state index contributed by atoms with van der Waals surface area (Å²) in [5, 5.41) is 0. The lowest BCUT2D eigenvalue weighted by atomic mass is 9.76. The Morgan fingerprint density at radius 2 is 1.14 bits per heavy atom. The summed E-state index contributed by atoms with van der Waals surface area (Å²) in [4.78, 5) is 0. The monoisotopic (exact) mass is 418 g/mol. The number of ether oxygens (including phenoxy) is 2. The minimum atomic E-state index is -5.45. The molecule has 2 aromatic carbocycles. The van der Waals surface area contributed by atoms with E-state index in [1.807, 2.05) is 6.92 Å². The van der Waals surface area contributed by atoms with Gasteiger partial charge in [-0.05, 0) is 48.2 Å². The van der Waals surface area contributed by atoms with Gasteiger partial charge in [-0.2, -0.15) is 26.3 Å². The third-order valence-corrected chi connectivity index (χ3v) is 4.88. The average Bonchev–Trinajstić information content (AvgIpc) is 2.67. The first-order valence-corrected chi connectivity index (χ1v) is 9.21. The van der Waals surface area contributed by atoms with Crippen LogP contribution in [0.3, 0.4) is 0 Å². The van der Waals surface area contributed by atoms with Crippen molar-refractivity contribution in [3.63, 3.8) is 0 Å². The third kappa shape index (κ3) is 3.04. The zero-order valence-electron chi connectivity index (χ0n) is 15.8. The van der Waals surface area contributed by atoms with Gasteiger partial charge in [0.25, 0.3) is 0 Å². The van der Waals surface area contributed by atoms with E-state index < -0.39 is 35.1 Å². The SMILES string of the molecule is CCCc1cccc(OC2(F)C(F)(F)C(F)(F)C2(F)Oc2cccc(CC)c2)c1.